The largest absolute Gasteiger partial charge is 0.344 e. The monoisotopic (exact) mass is 690 g/mol. The summed E-state index contributed by atoms with van der Waals surface area (Å²) in [6, 6.07) is 46.6. The molecule has 0 saturated heterocycles. The van der Waals surface area contributed by atoms with Gasteiger partial charge in [-0.25, -0.2) is 0 Å². The number of nitrogens with zero attached hydrogens (tertiary/aromatic N) is 2. The first-order valence-corrected chi connectivity index (χ1v) is 19.3. The van der Waals surface area contributed by atoms with Crippen molar-refractivity contribution in [3.05, 3.63) is 190 Å². The third kappa shape index (κ3) is 6.42. The van der Waals surface area contributed by atoms with Crippen LogP contribution in [0.4, 0.5) is 17.1 Å². The van der Waals surface area contributed by atoms with Crippen LogP contribution in [0.2, 0.25) is 0 Å². The third-order valence-corrected chi connectivity index (χ3v) is 11.6. The van der Waals surface area contributed by atoms with Crippen molar-refractivity contribution in [1.82, 2.24) is 0 Å². The van der Waals surface area contributed by atoms with E-state index in [1.807, 2.05) is 0 Å². The topological polar surface area (TPSA) is 6.48 Å². The number of para-hydroxylation sites is 2. The van der Waals surface area contributed by atoms with Crippen molar-refractivity contribution in [2.45, 2.75) is 52.4 Å². The molecule has 0 N–H and O–H groups in total. The lowest BCUT2D eigenvalue weighted by Crippen LogP contribution is -2.31. The number of benzene rings is 4. The van der Waals surface area contributed by atoms with E-state index >= 15 is 0 Å². The van der Waals surface area contributed by atoms with Crippen LogP contribution in [0.15, 0.2) is 157 Å². The molecule has 2 aliphatic carbocycles. The molecule has 0 saturated carbocycles. The highest BCUT2D eigenvalue weighted by Crippen LogP contribution is 2.50. The first-order valence-electron chi connectivity index (χ1n) is 19.3. The maximum absolute atomic E-state index is 2.59. The summed E-state index contributed by atoms with van der Waals surface area (Å²) < 4.78 is 0. The second kappa shape index (κ2) is 14.4. The maximum Gasteiger partial charge on any atom is 0.0488 e. The molecule has 5 aromatic rings. The van der Waals surface area contributed by atoms with Crippen LogP contribution in [0.1, 0.15) is 67.5 Å². The second-order valence-corrected chi connectivity index (χ2v) is 15.2. The summed E-state index contributed by atoms with van der Waals surface area (Å²) in [6.07, 6.45) is 15.2. The summed E-state index contributed by atoms with van der Waals surface area (Å²) in [4.78, 5) is 4.93. The first kappa shape index (κ1) is 34.5. The van der Waals surface area contributed by atoms with Gasteiger partial charge in [-0.1, -0.05) is 161 Å². The van der Waals surface area contributed by atoms with E-state index in [4.69, 9.17) is 0 Å². The average Bonchev–Trinajstić information content (AvgIpc) is 3.27. The minimum Gasteiger partial charge on any atom is -0.344 e. The number of fused-ring (bicyclic) bond motifs is 4. The van der Waals surface area contributed by atoms with Gasteiger partial charge in [0.1, 0.15) is 0 Å². The Morgan fingerprint density at radius 1 is 0.774 bits per heavy atom. The molecule has 1 aliphatic heterocycles. The molecule has 1 heterocycles. The number of allylic oxidation sites excluding steroid dienone is 5. The quantitative estimate of drug-likeness (QED) is 0.175. The lowest BCUT2D eigenvalue weighted by molar-refractivity contribution is 0.645. The molecule has 3 aliphatic rings. The normalized spacial score (nSPS) is 17.2. The van der Waals surface area contributed by atoms with Gasteiger partial charge in [0.2, 0.25) is 0 Å². The van der Waals surface area contributed by atoms with E-state index in [9.17, 15) is 0 Å². The van der Waals surface area contributed by atoms with Gasteiger partial charge in [-0.05, 0) is 93.5 Å². The minimum absolute atomic E-state index is 0.125. The number of anilines is 3. The van der Waals surface area contributed by atoms with Crippen LogP contribution in [0.5, 0.6) is 0 Å². The fourth-order valence-corrected chi connectivity index (χ4v) is 8.69. The number of hydrogen-bond donors (Lipinski definition) is 0. The molecule has 5 aromatic carbocycles. The summed E-state index contributed by atoms with van der Waals surface area (Å²) in [5.41, 5.74) is 15.8. The Labute approximate surface area is 316 Å². The van der Waals surface area contributed by atoms with E-state index in [0.29, 0.717) is 5.92 Å². The zero-order valence-corrected chi connectivity index (χ0v) is 31.8. The van der Waals surface area contributed by atoms with Crippen molar-refractivity contribution < 1.29 is 0 Å². The van der Waals surface area contributed by atoms with E-state index in [0.717, 1.165) is 19.4 Å². The molecule has 0 spiro atoms. The van der Waals surface area contributed by atoms with Gasteiger partial charge in [0.15, 0.2) is 0 Å². The molecular weight excluding hydrogens is 641 g/mol. The number of aryl methyl sites for hydroxylation is 2. The molecule has 0 fully saturated rings. The fraction of sp³-hybridized carbons (Fsp3) is 0.216. The van der Waals surface area contributed by atoms with E-state index in [2.05, 4.69) is 202 Å². The van der Waals surface area contributed by atoms with Gasteiger partial charge in [0.05, 0.1) is 0 Å². The molecule has 0 radical (unpaired) electrons. The van der Waals surface area contributed by atoms with Crippen LogP contribution in [-0.2, 0) is 18.3 Å². The highest BCUT2D eigenvalue weighted by molar-refractivity contribution is 6.00. The van der Waals surface area contributed by atoms with Gasteiger partial charge in [-0.3, -0.25) is 0 Å². The summed E-state index contributed by atoms with van der Waals surface area (Å²) in [6.45, 7) is 10.5. The first-order chi connectivity index (χ1) is 25.8. The Morgan fingerprint density at radius 3 is 2.34 bits per heavy atom. The smallest absolute Gasteiger partial charge is 0.0488 e. The number of rotatable bonds is 6. The van der Waals surface area contributed by atoms with Gasteiger partial charge in [0, 0.05) is 53.1 Å². The highest BCUT2D eigenvalue weighted by atomic mass is 15.2. The van der Waals surface area contributed by atoms with Crippen molar-refractivity contribution in [3.63, 3.8) is 0 Å². The van der Waals surface area contributed by atoms with E-state index in [1.165, 1.54) is 84.5 Å². The molecule has 1 atom stereocenters. The average molecular weight is 691 g/mol. The fourth-order valence-electron chi connectivity index (χ4n) is 8.69. The zero-order chi connectivity index (χ0) is 36.5. The van der Waals surface area contributed by atoms with Crippen LogP contribution < -0.4 is 9.80 Å². The van der Waals surface area contributed by atoms with E-state index in [-0.39, 0.29) is 5.41 Å². The minimum atomic E-state index is -0.125. The Hall–Kier alpha value is -5.60. The van der Waals surface area contributed by atoms with Crippen molar-refractivity contribution in [1.29, 1.82) is 0 Å². The third-order valence-electron chi connectivity index (χ3n) is 11.6. The molecule has 53 heavy (non-hydrogen) atoms. The molecule has 0 bridgehead atoms. The van der Waals surface area contributed by atoms with Gasteiger partial charge in [-0.2, -0.15) is 0 Å². The zero-order valence-electron chi connectivity index (χ0n) is 31.8. The molecule has 264 valence electrons. The van der Waals surface area contributed by atoms with Crippen molar-refractivity contribution >= 4 is 45.6 Å². The van der Waals surface area contributed by atoms with Crippen LogP contribution >= 0.6 is 0 Å². The Kier molecular flexibility index (Phi) is 9.39. The SMILES string of the molecule is CCc1ccccc1N(C)c1ccccccc(C=Cc2ccc3c(c2)C(C)(C)C2=C3C=CC(C)C(N3CCCc4ccccc43)=C2)c2ccccc12. The van der Waals surface area contributed by atoms with Gasteiger partial charge in [0.25, 0.3) is 0 Å². The summed E-state index contributed by atoms with van der Waals surface area (Å²) in [5.74, 6) is 0.336. The van der Waals surface area contributed by atoms with E-state index < -0.39 is 0 Å². The van der Waals surface area contributed by atoms with Gasteiger partial charge < -0.3 is 9.80 Å². The predicted octanol–water partition coefficient (Wildman–Crippen LogP) is 13.1. The summed E-state index contributed by atoms with van der Waals surface area (Å²) in [7, 11) is 2.19. The summed E-state index contributed by atoms with van der Waals surface area (Å²) >= 11 is 0. The molecule has 2 nitrogen and oxygen atoms in total. The summed E-state index contributed by atoms with van der Waals surface area (Å²) in [5, 5.41) is 2.42. The lowest BCUT2D eigenvalue weighted by atomic mass is 9.80. The molecule has 0 amide bonds. The molecule has 2 heteroatoms. The highest BCUT2D eigenvalue weighted by Gasteiger charge is 2.38. The molecule has 0 aromatic heterocycles. The van der Waals surface area contributed by atoms with E-state index in [1.54, 1.807) is 0 Å². The Bertz CT molecular complexity index is 2380. The Morgan fingerprint density at radius 2 is 1.49 bits per heavy atom. The lowest BCUT2D eigenvalue weighted by Gasteiger charge is -2.36. The van der Waals surface area contributed by atoms with Crippen LogP contribution in [-0.4, -0.2) is 13.6 Å². The predicted molar refractivity (Wildman–Crippen MR) is 229 cm³/mol. The van der Waals surface area contributed by atoms with Crippen molar-refractivity contribution in [3.8, 4) is 0 Å². The standard InChI is InChI=1S/C51H50N2/c1-6-38-18-11-15-24-47(38)52(5)49-26-10-8-7-9-19-39(41-22-13-14-23-44(41)49)30-28-37-29-32-43-42-31-27-36(2)50(35-46(42)51(3,4)45(43)34-37)53-33-17-21-40-20-12-16-25-48(40)53/h7-16,18-20,22-32,34-36H,6,17,21,33H2,1-5H3. The van der Waals surface area contributed by atoms with Crippen molar-refractivity contribution in [2.75, 3.05) is 23.4 Å². The molecule has 8 rings (SSSR count). The van der Waals surface area contributed by atoms with Crippen LogP contribution in [0.3, 0.4) is 0 Å². The second-order valence-electron chi connectivity index (χ2n) is 15.2. The van der Waals surface area contributed by atoms with Crippen LogP contribution in [0, 0.1) is 5.92 Å². The molecular formula is C51H50N2. The molecule has 1 unspecified atom stereocenters. The van der Waals surface area contributed by atoms with Gasteiger partial charge in [-0.15, -0.1) is 0 Å². The number of hydrogen-bond acceptors (Lipinski definition) is 2. The van der Waals surface area contributed by atoms with Crippen molar-refractivity contribution in [2.24, 2.45) is 5.92 Å². The van der Waals surface area contributed by atoms with Gasteiger partial charge >= 0.3 is 0 Å². The van der Waals surface area contributed by atoms with Crippen LogP contribution in [0.25, 0.3) is 28.5 Å². The maximum atomic E-state index is 2.59. The Balaban J connectivity index is 1.18.